The number of amides is 1. The highest BCUT2D eigenvalue weighted by atomic mass is 19.4. The minimum atomic E-state index is -4.53. The number of aryl methyl sites for hydroxylation is 2. The van der Waals surface area contributed by atoms with Crippen LogP contribution in [0.3, 0.4) is 0 Å². The summed E-state index contributed by atoms with van der Waals surface area (Å²) in [4.78, 5) is 22.2. The first kappa shape index (κ1) is 29.3. The van der Waals surface area contributed by atoms with Gasteiger partial charge in [-0.3, -0.25) is 9.48 Å². The van der Waals surface area contributed by atoms with E-state index in [1.54, 1.807) is 17.8 Å². The molecule has 0 saturated heterocycles. The van der Waals surface area contributed by atoms with E-state index >= 15 is 0 Å². The second kappa shape index (κ2) is 12.0. The lowest BCUT2D eigenvalue weighted by atomic mass is 9.92. The van der Waals surface area contributed by atoms with Crippen LogP contribution in [0.1, 0.15) is 49.3 Å². The molecule has 2 heterocycles. The Kier molecular flexibility index (Phi) is 8.35. The molecule has 42 heavy (non-hydrogen) atoms. The van der Waals surface area contributed by atoms with Gasteiger partial charge in [0.25, 0.3) is 0 Å². The molecule has 0 unspecified atom stereocenters. The third-order valence-corrected chi connectivity index (χ3v) is 7.65. The number of benzene rings is 2. The molecular formula is C30H34F3N7O2. The summed E-state index contributed by atoms with van der Waals surface area (Å²) in [6.07, 6.45) is 1.68. The lowest BCUT2D eigenvalue weighted by Crippen LogP contribution is -2.33. The summed E-state index contributed by atoms with van der Waals surface area (Å²) in [7, 11) is 3.11. The van der Waals surface area contributed by atoms with Gasteiger partial charge in [0, 0.05) is 47.9 Å². The Morgan fingerprint density at radius 2 is 1.88 bits per heavy atom. The number of carbonyl (C=O) groups excluding carboxylic acids is 1. The first-order valence-electron chi connectivity index (χ1n) is 13.9. The van der Waals surface area contributed by atoms with Crippen molar-refractivity contribution in [2.75, 3.05) is 17.7 Å². The number of hydrogen-bond donors (Lipinski definition) is 3. The number of halogens is 3. The van der Waals surface area contributed by atoms with Gasteiger partial charge in [-0.25, -0.2) is 9.97 Å². The maximum Gasteiger partial charge on any atom is 0.416 e. The largest absolute Gasteiger partial charge is 0.496 e. The van der Waals surface area contributed by atoms with Gasteiger partial charge in [0.15, 0.2) is 5.82 Å². The number of nitrogens with one attached hydrogen (secondary N) is 2. The summed E-state index contributed by atoms with van der Waals surface area (Å²) >= 11 is 0. The molecule has 4 aromatic rings. The topological polar surface area (TPSA) is 120 Å². The molecule has 4 N–H and O–H groups in total. The zero-order valence-corrected chi connectivity index (χ0v) is 23.8. The van der Waals surface area contributed by atoms with Crippen molar-refractivity contribution < 1.29 is 22.7 Å². The Morgan fingerprint density at radius 3 is 2.57 bits per heavy atom. The first-order chi connectivity index (χ1) is 20.0. The number of nitrogens with zero attached hydrogens (tertiary/aromatic N) is 4. The van der Waals surface area contributed by atoms with Gasteiger partial charge in [-0.05, 0) is 68.0 Å². The number of alkyl halides is 3. The number of hydrogen-bond acceptors (Lipinski definition) is 7. The van der Waals surface area contributed by atoms with Crippen molar-refractivity contribution in [2.24, 2.45) is 12.8 Å². The average Bonchev–Trinajstić information content (AvgIpc) is 3.32. The lowest BCUT2D eigenvalue weighted by molar-refractivity contribution is -0.137. The molecule has 0 aliphatic heterocycles. The summed E-state index contributed by atoms with van der Waals surface area (Å²) in [5.74, 6) is 0.572. The van der Waals surface area contributed by atoms with Gasteiger partial charge in [-0.2, -0.15) is 18.3 Å². The quantitative estimate of drug-likeness (QED) is 0.252. The fourth-order valence-electron chi connectivity index (χ4n) is 5.40. The first-order valence-corrected chi connectivity index (χ1v) is 13.9. The van der Waals surface area contributed by atoms with Crippen molar-refractivity contribution in [3.63, 3.8) is 0 Å². The predicted octanol–water partition coefficient (Wildman–Crippen LogP) is 5.48. The molecular weight excluding hydrogens is 547 g/mol. The molecule has 12 heteroatoms. The van der Waals surface area contributed by atoms with Crippen molar-refractivity contribution in [1.82, 2.24) is 19.7 Å². The third-order valence-electron chi connectivity index (χ3n) is 7.65. The number of ether oxygens (including phenoxy) is 1. The molecule has 1 aliphatic rings. The number of nitrogens with two attached hydrogens (primary N) is 1. The van der Waals surface area contributed by atoms with Crippen LogP contribution in [-0.4, -0.2) is 44.8 Å². The van der Waals surface area contributed by atoms with E-state index < -0.39 is 17.6 Å². The van der Waals surface area contributed by atoms with Crippen LogP contribution in [0.4, 0.5) is 24.9 Å². The molecule has 0 bridgehead atoms. The molecule has 1 fully saturated rings. The van der Waals surface area contributed by atoms with Crippen LogP contribution in [0, 0.1) is 0 Å². The fourth-order valence-corrected chi connectivity index (χ4v) is 5.40. The Labute approximate surface area is 241 Å². The number of aromatic nitrogens is 4. The van der Waals surface area contributed by atoms with E-state index in [4.69, 9.17) is 15.5 Å². The Bertz CT molecular complexity index is 1590. The predicted molar refractivity (Wildman–Crippen MR) is 155 cm³/mol. The highest BCUT2D eigenvalue weighted by molar-refractivity contribution is 5.93. The molecule has 0 atom stereocenters. The Hall–Kier alpha value is -4.19. The van der Waals surface area contributed by atoms with Crippen LogP contribution in [0.5, 0.6) is 5.75 Å². The molecule has 1 aliphatic carbocycles. The number of fused-ring (bicyclic) bond motifs is 1. The molecule has 1 amide bonds. The molecule has 1 saturated carbocycles. The summed E-state index contributed by atoms with van der Waals surface area (Å²) in [5, 5.41) is 11.4. The van der Waals surface area contributed by atoms with Crippen molar-refractivity contribution in [1.29, 1.82) is 0 Å². The summed E-state index contributed by atoms with van der Waals surface area (Å²) in [5.41, 5.74) is 8.86. The van der Waals surface area contributed by atoms with E-state index in [1.807, 2.05) is 12.3 Å². The standard InChI is InChI=1S/C30H34F3N7O2/c1-4-17-11-18(12-20-16-35-29(38-28(17)20)36-23-8-6-22(34)7-9-23)24-15-26(39-40(24)2)37-27(41)14-19-13-21(30(31,32)33)5-10-25(19)42-3/h5,10-13,15-16,22-23H,4,6-9,14,34H2,1-3H3,(H,35,36,38)(H,37,39,41). The number of methoxy groups -OCH3 is 1. The number of rotatable bonds is 8. The van der Waals surface area contributed by atoms with Crippen LogP contribution in [0.15, 0.2) is 42.6 Å². The minimum Gasteiger partial charge on any atom is -0.496 e. The molecule has 222 valence electrons. The molecule has 0 spiro atoms. The smallest absolute Gasteiger partial charge is 0.416 e. The van der Waals surface area contributed by atoms with Gasteiger partial charge in [-0.1, -0.05) is 6.92 Å². The van der Waals surface area contributed by atoms with Crippen LogP contribution in [0.2, 0.25) is 0 Å². The number of anilines is 2. The van der Waals surface area contributed by atoms with E-state index in [0.717, 1.165) is 72.0 Å². The summed E-state index contributed by atoms with van der Waals surface area (Å²) < 4.78 is 46.4. The maximum atomic E-state index is 13.2. The molecule has 5 rings (SSSR count). The van der Waals surface area contributed by atoms with Crippen molar-refractivity contribution in [2.45, 2.75) is 63.7 Å². The van der Waals surface area contributed by atoms with E-state index in [1.165, 1.54) is 13.2 Å². The van der Waals surface area contributed by atoms with Crippen molar-refractivity contribution in [3.05, 3.63) is 59.3 Å². The second-order valence-corrected chi connectivity index (χ2v) is 10.7. The summed E-state index contributed by atoms with van der Waals surface area (Å²) in [6.45, 7) is 2.06. The van der Waals surface area contributed by atoms with Gasteiger partial charge < -0.3 is 21.1 Å². The zero-order chi connectivity index (χ0) is 30.0. The van der Waals surface area contributed by atoms with Crippen LogP contribution >= 0.6 is 0 Å². The lowest BCUT2D eigenvalue weighted by Gasteiger charge is -2.26. The SMILES string of the molecule is CCc1cc(-c2cc(NC(=O)Cc3cc(C(F)(F)F)ccc3OC)nn2C)cc2cnc(NC3CCC(N)CC3)nc12. The Morgan fingerprint density at radius 1 is 1.12 bits per heavy atom. The Balaban J connectivity index is 1.35. The van der Waals surface area contributed by atoms with Gasteiger partial charge in [0.1, 0.15) is 5.75 Å². The van der Waals surface area contributed by atoms with Gasteiger partial charge in [0.2, 0.25) is 11.9 Å². The second-order valence-electron chi connectivity index (χ2n) is 10.7. The monoisotopic (exact) mass is 581 g/mol. The van der Waals surface area contributed by atoms with Crippen molar-refractivity contribution >= 4 is 28.6 Å². The zero-order valence-electron chi connectivity index (χ0n) is 23.8. The van der Waals surface area contributed by atoms with Gasteiger partial charge >= 0.3 is 6.18 Å². The summed E-state index contributed by atoms with van der Waals surface area (Å²) in [6, 6.07) is 9.40. The third kappa shape index (κ3) is 6.48. The minimum absolute atomic E-state index is 0.129. The fraction of sp³-hybridized carbons (Fsp3) is 0.400. The molecule has 2 aromatic heterocycles. The van der Waals surface area contributed by atoms with Crippen LogP contribution in [0.25, 0.3) is 22.2 Å². The highest BCUT2D eigenvalue weighted by Gasteiger charge is 2.31. The maximum absolute atomic E-state index is 13.2. The van der Waals surface area contributed by atoms with Gasteiger partial charge in [0.05, 0.1) is 30.3 Å². The molecule has 2 aromatic carbocycles. The molecule has 9 nitrogen and oxygen atoms in total. The van der Waals surface area contributed by atoms with Gasteiger partial charge in [-0.15, -0.1) is 0 Å². The van der Waals surface area contributed by atoms with E-state index in [2.05, 4.69) is 33.7 Å². The van der Waals surface area contributed by atoms with E-state index in [-0.39, 0.29) is 29.6 Å². The average molecular weight is 582 g/mol. The molecule has 0 radical (unpaired) electrons. The van der Waals surface area contributed by atoms with E-state index in [9.17, 15) is 18.0 Å². The van der Waals surface area contributed by atoms with Crippen molar-refractivity contribution in [3.8, 4) is 17.0 Å². The van der Waals surface area contributed by atoms with E-state index in [0.29, 0.717) is 12.0 Å². The van der Waals surface area contributed by atoms with Crippen LogP contribution in [-0.2, 0) is 30.9 Å². The van der Waals surface area contributed by atoms with Crippen LogP contribution < -0.4 is 21.1 Å². The number of carbonyl (C=O) groups is 1. The normalized spacial score (nSPS) is 17.3. The highest BCUT2D eigenvalue weighted by Crippen LogP contribution is 2.33.